The Kier molecular flexibility index (Phi) is 3.11. The number of halogens is 3. The number of hydrogen-bond donors (Lipinski definition) is 1. The highest BCUT2D eigenvalue weighted by Gasteiger charge is 2.39. The molecule has 0 aliphatic rings. The lowest BCUT2D eigenvalue weighted by atomic mass is 10.3. The zero-order valence-electron chi connectivity index (χ0n) is 9.26. The average Bonchev–Trinajstić information content (AvgIpc) is 2.79. The zero-order valence-corrected chi connectivity index (χ0v) is 9.26. The van der Waals surface area contributed by atoms with Gasteiger partial charge < -0.3 is 10.3 Å². The van der Waals surface area contributed by atoms with E-state index >= 15 is 0 Å². The fourth-order valence-electron chi connectivity index (χ4n) is 1.34. The largest absolute Gasteiger partial charge is 0.471 e. The Morgan fingerprint density at radius 2 is 1.89 bits per heavy atom. The van der Waals surface area contributed by atoms with Crippen LogP contribution in [0.25, 0.3) is 0 Å². The van der Waals surface area contributed by atoms with E-state index in [0.717, 1.165) is 0 Å². The number of amides is 2. The van der Waals surface area contributed by atoms with Gasteiger partial charge in [0.15, 0.2) is 0 Å². The van der Waals surface area contributed by atoms with Gasteiger partial charge in [-0.3, -0.25) is 0 Å². The summed E-state index contributed by atoms with van der Waals surface area (Å²) in [5, 5.41) is 3.10. The number of para-hydroxylation sites is 1. The number of rotatable bonds is 2. The van der Waals surface area contributed by atoms with Crippen LogP contribution in [0.15, 0.2) is 34.9 Å². The minimum absolute atomic E-state index is 0.226. The predicted molar refractivity (Wildman–Crippen MR) is 57.5 cm³/mol. The molecule has 19 heavy (non-hydrogen) atoms. The highest BCUT2D eigenvalue weighted by Crippen LogP contribution is 2.30. The van der Waals surface area contributed by atoms with E-state index in [-0.39, 0.29) is 5.69 Å². The molecule has 0 spiro atoms. The van der Waals surface area contributed by atoms with Gasteiger partial charge in [0.1, 0.15) is 0 Å². The number of carbonyl (C=O) groups is 1. The number of nitrogens with two attached hydrogens (primary N) is 1. The van der Waals surface area contributed by atoms with Gasteiger partial charge in [-0.1, -0.05) is 18.2 Å². The van der Waals surface area contributed by atoms with Crippen LogP contribution in [0.2, 0.25) is 0 Å². The average molecular weight is 272 g/mol. The molecule has 1 aromatic carbocycles. The third-order valence-electron chi connectivity index (χ3n) is 2.09. The second-order valence-electron chi connectivity index (χ2n) is 3.41. The summed E-state index contributed by atoms with van der Waals surface area (Å²) in [5.74, 6) is -2.13. The Bertz CT molecular complexity index is 582. The van der Waals surface area contributed by atoms with Gasteiger partial charge in [-0.2, -0.15) is 18.2 Å². The van der Waals surface area contributed by atoms with Crippen LogP contribution in [-0.2, 0) is 6.18 Å². The quantitative estimate of drug-likeness (QED) is 0.908. The molecule has 100 valence electrons. The molecule has 0 unspecified atom stereocenters. The highest BCUT2D eigenvalue weighted by molar-refractivity contribution is 5.96. The van der Waals surface area contributed by atoms with Crippen molar-refractivity contribution >= 4 is 17.7 Å². The minimum atomic E-state index is -4.79. The van der Waals surface area contributed by atoms with Gasteiger partial charge >= 0.3 is 18.1 Å². The van der Waals surface area contributed by atoms with E-state index in [9.17, 15) is 18.0 Å². The molecule has 6 nitrogen and oxygen atoms in total. The third-order valence-corrected chi connectivity index (χ3v) is 2.09. The topological polar surface area (TPSA) is 85.3 Å². The molecule has 0 atom stereocenters. The third kappa shape index (κ3) is 2.64. The standard InChI is InChI=1S/C10H7F3N4O2/c11-10(12,13)7-15-9(16-19-7)17(8(14)18)6-4-2-1-3-5-6/h1-5H,(H2,14,18). The second kappa shape index (κ2) is 4.59. The molecule has 0 radical (unpaired) electrons. The molecule has 1 heterocycles. The van der Waals surface area contributed by atoms with Gasteiger partial charge in [0, 0.05) is 0 Å². The molecule has 9 heteroatoms. The Balaban J connectivity index is 2.41. The number of urea groups is 1. The number of carbonyl (C=O) groups excluding carboxylic acids is 1. The molecule has 0 bridgehead atoms. The van der Waals surface area contributed by atoms with Gasteiger partial charge in [-0.05, 0) is 17.3 Å². The summed E-state index contributed by atoms with van der Waals surface area (Å²) in [4.78, 5) is 15.1. The first-order valence-corrected chi connectivity index (χ1v) is 4.95. The first-order chi connectivity index (χ1) is 8.89. The van der Waals surface area contributed by atoms with Crippen molar-refractivity contribution < 1.29 is 22.5 Å². The van der Waals surface area contributed by atoms with Crippen molar-refractivity contribution in [3.63, 3.8) is 0 Å². The van der Waals surface area contributed by atoms with Crippen LogP contribution in [-0.4, -0.2) is 16.2 Å². The number of benzene rings is 1. The van der Waals surface area contributed by atoms with Crippen molar-refractivity contribution in [1.82, 2.24) is 10.1 Å². The lowest BCUT2D eigenvalue weighted by molar-refractivity contribution is -0.159. The van der Waals surface area contributed by atoms with Crippen LogP contribution in [0, 0.1) is 0 Å². The van der Waals surface area contributed by atoms with Gasteiger partial charge in [0.05, 0.1) is 5.69 Å². The maximum Gasteiger partial charge on any atom is 0.471 e. The van der Waals surface area contributed by atoms with E-state index in [2.05, 4.69) is 14.7 Å². The van der Waals surface area contributed by atoms with E-state index in [4.69, 9.17) is 5.73 Å². The summed E-state index contributed by atoms with van der Waals surface area (Å²) < 4.78 is 41.1. The maximum atomic E-state index is 12.3. The predicted octanol–water partition coefficient (Wildman–Crippen LogP) is 2.31. The Morgan fingerprint density at radius 1 is 1.26 bits per heavy atom. The monoisotopic (exact) mass is 272 g/mol. The van der Waals surface area contributed by atoms with Crippen LogP contribution < -0.4 is 10.6 Å². The van der Waals surface area contributed by atoms with Gasteiger partial charge in [-0.25, -0.2) is 9.69 Å². The number of nitrogens with zero attached hydrogens (tertiary/aromatic N) is 3. The van der Waals surface area contributed by atoms with Gasteiger partial charge in [0.25, 0.3) is 5.95 Å². The highest BCUT2D eigenvalue weighted by atomic mass is 19.4. The van der Waals surface area contributed by atoms with Crippen LogP contribution in [0.3, 0.4) is 0 Å². The number of anilines is 2. The second-order valence-corrected chi connectivity index (χ2v) is 3.41. The molecule has 0 fully saturated rings. The molecule has 2 rings (SSSR count). The Hall–Kier alpha value is -2.58. The molecular formula is C10H7F3N4O2. The number of alkyl halides is 3. The van der Waals surface area contributed by atoms with E-state index in [1.165, 1.54) is 12.1 Å². The van der Waals surface area contributed by atoms with E-state index < -0.39 is 24.0 Å². The summed E-state index contributed by atoms with van der Waals surface area (Å²) in [6, 6.07) is 6.73. The number of primary amides is 1. The van der Waals surface area contributed by atoms with Crippen LogP contribution >= 0.6 is 0 Å². The summed E-state index contributed by atoms with van der Waals surface area (Å²) in [7, 11) is 0. The molecule has 1 aromatic heterocycles. The van der Waals surface area contributed by atoms with E-state index in [0.29, 0.717) is 4.90 Å². The minimum Gasteiger partial charge on any atom is -0.351 e. The molecule has 0 aliphatic carbocycles. The smallest absolute Gasteiger partial charge is 0.351 e. The van der Waals surface area contributed by atoms with Crippen molar-refractivity contribution in [2.45, 2.75) is 6.18 Å². The fourth-order valence-corrected chi connectivity index (χ4v) is 1.34. The summed E-state index contributed by atoms with van der Waals surface area (Å²) in [6.45, 7) is 0. The molecule has 2 amide bonds. The summed E-state index contributed by atoms with van der Waals surface area (Å²) in [6.07, 6.45) is -4.79. The van der Waals surface area contributed by atoms with E-state index in [1.807, 2.05) is 0 Å². The molecule has 2 N–H and O–H groups in total. The van der Waals surface area contributed by atoms with Gasteiger partial charge in [0.2, 0.25) is 0 Å². The van der Waals surface area contributed by atoms with Crippen LogP contribution in [0.5, 0.6) is 0 Å². The summed E-state index contributed by atoms with van der Waals surface area (Å²) >= 11 is 0. The fraction of sp³-hybridized carbons (Fsp3) is 0.100. The lowest BCUT2D eigenvalue weighted by Gasteiger charge is -2.15. The molecular weight excluding hydrogens is 265 g/mol. The van der Waals surface area contributed by atoms with E-state index in [1.54, 1.807) is 18.2 Å². The normalized spacial score (nSPS) is 11.3. The van der Waals surface area contributed by atoms with Crippen molar-refractivity contribution in [2.75, 3.05) is 4.90 Å². The molecule has 0 aliphatic heterocycles. The van der Waals surface area contributed by atoms with Gasteiger partial charge in [-0.15, -0.1) is 0 Å². The molecule has 0 saturated carbocycles. The first kappa shape index (κ1) is 12.9. The zero-order chi connectivity index (χ0) is 14.0. The summed E-state index contributed by atoms with van der Waals surface area (Å²) in [5.41, 5.74) is 5.33. The Labute approximate surface area is 104 Å². The number of aromatic nitrogens is 2. The van der Waals surface area contributed by atoms with Crippen molar-refractivity contribution in [3.8, 4) is 0 Å². The van der Waals surface area contributed by atoms with Crippen LogP contribution in [0.4, 0.5) is 29.6 Å². The maximum absolute atomic E-state index is 12.3. The van der Waals surface area contributed by atoms with Crippen molar-refractivity contribution in [2.24, 2.45) is 5.73 Å². The molecule has 0 saturated heterocycles. The van der Waals surface area contributed by atoms with Crippen molar-refractivity contribution in [1.29, 1.82) is 0 Å². The Morgan fingerprint density at radius 3 is 2.37 bits per heavy atom. The number of hydrogen-bond acceptors (Lipinski definition) is 4. The van der Waals surface area contributed by atoms with Crippen molar-refractivity contribution in [3.05, 3.63) is 36.2 Å². The SMILES string of the molecule is NC(=O)N(c1ccccc1)c1noc(C(F)(F)F)n1. The van der Waals surface area contributed by atoms with Crippen LogP contribution in [0.1, 0.15) is 5.89 Å². The molecule has 2 aromatic rings. The lowest BCUT2D eigenvalue weighted by Crippen LogP contribution is -2.32. The first-order valence-electron chi connectivity index (χ1n) is 4.95.